The molecule has 1 heterocycles. The van der Waals surface area contributed by atoms with Crippen molar-refractivity contribution in [3.05, 3.63) is 59.7 Å². The molecule has 16 heavy (non-hydrogen) atoms. The van der Waals surface area contributed by atoms with Crippen LogP contribution in [0.15, 0.2) is 53.9 Å². The molecule has 0 aliphatic rings. The summed E-state index contributed by atoms with van der Waals surface area (Å²) in [6, 6.07) is 14.9. The van der Waals surface area contributed by atoms with Crippen molar-refractivity contribution < 1.29 is 4.39 Å². The zero-order valence-corrected chi connectivity index (χ0v) is 9.30. The van der Waals surface area contributed by atoms with Gasteiger partial charge in [-0.15, -0.1) is 11.3 Å². The molecule has 0 spiro atoms. The summed E-state index contributed by atoms with van der Waals surface area (Å²) in [7, 11) is 0. The van der Waals surface area contributed by atoms with E-state index in [-0.39, 0.29) is 5.82 Å². The van der Waals surface area contributed by atoms with Gasteiger partial charge in [0.05, 0.1) is 0 Å². The van der Waals surface area contributed by atoms with Gasteiger partial charge >= 0.3 is 0 Å². The summed E-state index contributed by atoms with van der Waals surface area (Å²) in [6.45, 7) is 0. The standard InChI is InChI=1S/C14H9FS/c15-11-4-1-3-10(9-11)12-5-2-6-14-13(12)7-8-16-14/h1-9H. The first-order valence-corrected chi connectivity index (χ1v) is 5.95. The zero-order valence-electron chi connectivity index (χ0n) is 8.48. The van der Waals surface area contributed by atoms with Gasteiger partial charge in [0.2, 0.25) is 0 Å². The van der Waals surface area contributed by atoms with Crippen LogP contribution < -0.4 is 0 Å². The molecule has 2 aromatic carbocycles. The molecular formula is C14H9FS. The summed E-state index contributed by atoms with van der Waals surface area (Å²) in [6.07, 6.45) is 0. The van der Waals surface area contributed by atoms with Gasteiger partial charge in [-0.25, -0.2) is 4.39 Å². The average Bonchev–Trinajstić information content (AvgIpc) is 2.76. The second-order valence-electron chi connectivity index (χ2n) is 3.65. The minimum atomic E-state index is -0.190. The van der Waals surface area contributed by atoms with Crippen LogP contribution in [0.25, 0.3) is 21.2 Å². The lowest BCUT2D eigenvalue weighted by Gasteiger charge is -2.03. The van der Waals surface area contributed by atoms with Gasteiger partial charge in [0.1, 0.15) is 5.82 Å². The monoisotopic (exact) mass is 228 g/mol. The Balaban J connectivity index is 2.29. The van der Waals surface area contributed by atoms with E-state index in [2.05, 4.69) is 17.5 Å². The maximum absolute atomic E-state index is 13.2. The van der Waals surface area contributed by atoms with Crippen LogP contribution >= 0.6 is 11.3 Å². The van der Waals surface area contributed by atoms with Crippen molar-refractivity contribution in [2.75, 3.05) is 0 Å². The summed E-state index contributed by atoms with van der Waals surface area (Å²) < 4.78 is 14.4. The smallest absolute Gasteiger partial charge is 0.123 e. The molecule has 0 radical (unpaired) electrons. The molecule has 3 rings (SSSR count). The normalized spacial score (nSPS) is 10.8. The van der Waals surface area contributed by atoms with E-state index in [1.807, 2.05) is 18.2 Å². The van der Waals surface area contributed by atoms with Gasteiger partial charge in [0.25, 0.3) is 0 Å². The molecular weight excluding hydrogens is 219 g/mol. The van der Waals surface area contributed by atoms with Gasteiger partial charge in [0.15, 0.2) is 0 Å². The second kappa shape index (κ2) is 3.72. The van der Waals surface area contributed by atoms with E-state index in [0.29, 0.717) is 0 Å². The van der Waals surface area contributed by atoms with E-state index >= 15 is 0 Å². The molecule has 0 atom stereocenters. The Morgan fingerprint density at radius 2 is 1.81 bits per heavy atom. The fraction of sp³-hybridized carbons (Fsp3) is 0. The minimum Gasteiger partial charge on any atom is -0.207 e. The first-order valence-electron chi connectivity index (χ1n) is 5.07. The minimum absolute atomic E-state index is 0.190. The highest BCUT2D eigenvalue weighted by molar-refractivity contribution is 7.17. The van der Waals surface area contributed by atoms with Gasteiger partial charge in [-0.2, -0.15) is 0 Å². The number of rotatable bonds is 1. The summed E-state index contributed by atoms with van der Waals surface area (Å²) in [5.74, 6) is -0.190. The van der Waals surface area contributed by atoms with Crippen molar-refractivity contribution in [1.82, 2.24) is 0 Å². The van der Waals surface area contributed by atoms with Crippen molar-refractivity contribution >= 4 is 21.4 Å². The predicted octanol–water partition coefficient (Wildman–Crippen LogP) is 4.71. The lowest BCUT2D eigenvalue weighted by atomic mass is 10.0. The molecule has 0 N–H and O–H groups in total. The number of thiophene rings is 1. The molecule has 0 nitrogen and oxygen atoms in total. The van der Waals surface area contributed by atoms with Crippen LogP contribution in [-0.4, -0.2) is 0 Å². The molecule has 0 unspecified atom stereocenters. The van der Waals surface area contributed by atoms with E-state index in [1.54, 1.807) is 23.5 Å². The van der Waals surface area contributed by atoms with Crippen LogP contribution in [0.5, 0.6) is 0 Å². The van der Waals surface area contributed by atoms with Crippen molar-refractivity contribution in [2.45, 2.75) is 0 Å². The van der Waals surface area contributed by atoms with Crippen LogP contribution in [0.3, 0.4) is 0 Å². The molecule has 0 aliphatic carbocycles. The highest BCUT2D eigenvalue weighted by Crippen LogP contribution is 2.31. The number of benzene rings is 2. The molecule has 1 aromatic heterocycles. The van der Waals surface area contributed by atoms with Gasteiger partial charge in [-0.3, -0.25) is 0 Å². The third-order valence-electron chi connectivity index (χ3n) is 2.63. The van der Waals surface area contributed by atoms with Crippen LogP contribution in [0.4, 0.5) is 4.39 Å². The van der Waals surface area contributed by atoms with E-state index in [0.717, 1.165) is 11.1 Å². The lowest BCUT2D eigenvalue weighted by molar-refractivity contribution is 0.628. The fourth-order valence-corrected chi connectivity index (χ4v) is 2.71. The maximum Gasteiger partial charge on any atom is 0.123 e. The summed E-state index contributed by atoms with van der Waals surface area (Å²) in [5, 5.41) is 3.26. The molecule has 0 saturated carbocycles. The van der Waals surface area contributed by atoms with Gasteiger partial charge in [0, 0.05) is 10.1 Å². The zero-order chi connectivity index (χ0) is 11.0. The highest BCUT2D eigenvalue weighted by Gasteiger charge is 2.04. The molecule has 0 saturated heterocycles. The van der Waals surface area contributed by atoms with Crippen molar-refractivity contribution in [3.8, 4) is 11.1 Å². The first kappa shape index (κ1) is 9.55. The largest absolute Gasteiger partial charge is 0.207 e. The molecule has 2 heteroatoms. The van der Waals surface area contributed by atoms with Crippen molar-refractivity contribution in [3.63, 3.8) is 0 Å². The third kappa shape index (κ3) is 1.51. The van der Waals surface area contributed by atoms with E-state index < -0.39 is 0 Å². The molecule has 0 aliphatic heterocycles. The summed E-state index contributed by atoms with van der Waals surface area (Å²) >= 11 is 1.71. The van der Waals surface area contributed by atoms with E-state index in [4.69, 9.17) is 0 Å². The number of hydrogen-bond acceptors (Lipinski definition) is 1. The average molecular weight is 228 g/mol. The predicted molar refractivity (Wildman–Crippen MR) is 67.2 cm³/mol. The Hall–Kier alpha value is -1.67. The van der Waals surface area contributed by atoms with Gasteiger partial charge < -0.3 is 0 Å². The molecule has 0 fully saturated rings. The van der Waals surface area contributed by atoms with E-state index in [1.165, 1.54) is 16.2 Å². The van der Waals surface area contributed by atoms with Crippen LogP contribution in [0.1, 0.15) is 0 Å². The second-order valence-corrected chi connectivity index (χ2v) is 4.60. The van der Waals surface area contributed by atoms with Crippen molar-refractivity contribution in [1.29, 1.82) is 0 Å². The Morgan fingerprint density at radius 3 is 2.69 bits per heavy atom. The van der Waals surface area contributed by atoms with Crippen molar-refractivity contribution in [2.24, 2.45) is 0 Å². The maximum atomic E-state index is 13.2. The Kier molecular flexibility index (Phi) is 2.22. The molecule has 3 aromatic rings. The fourth-order valence-electron chi connectivity index (χ4n) is 1.90. The Bertz CT molecular complexity index is 640. The third-order valence-corrected chi connectivity index (χ3v) is 3.51. The van der Waals surface area contributed by atoms with Crippen LogP contribution in [0, 0.1) is 5.82 Å². The molecule has 78 valence electrons. The summed E-state index contributed by atoms with van der Waals surface area (Å²) in [4.78, 5) is 0. The quantitative estimate of drug-likeness (QED) is 0.566. The van der Waals surface area contributed by atoms with E-state index in [9.17, 15) is 4.39 Å². The Morgan fingerprint density at radius 1 is 0.938 bits per heavy atom. The van der Waals surface area contributed by atoms with Gasteiger partial charge in [-0.05, 0) is 40.8 Å². The number of hydrogen-bond donors (Lipinski definition) is 0. The van der Waals surface area contributed by atoms with Crippen LogP contribution in [-0.2, 0) is 0 Å². The number of halogens is 1. The van der Waals surface area contributed by atoms with Crippen LogP contribution in [0.2, 0.25) is 0 Å². The highest BCUT2D eigenvalue weighted by atomic mass is 32.1. The Labute approximate surface area is 97.0 Å². The first-order chi connectivity index (χ1) is 7.84. The SMILES string of the molecule is Fc1cccc(-c2cccc3sccc23)c1. The lowest BCUT2D eigenvalue weighted by Crippen LogP contribution is -1.80. The topological polar surface area (TPSA) is 0 Å². The molecule has 0 bridgehead atoms. The van der Waals surface area contributed by atoms with Gasteiger partial charge in [-0.1, -0.05) is 24.3 Å². The summed E-state index contributed by atoms with van der Waals surface area (Å²) in [5.41, 5.74) is 2.03. The molecule has 0 amide bonds. The number of fused-ring (bicyclic) bond motifs is 1.